The van der Waals surface area contributed by atoms with Crippen molar-refractivity contribution in [2.45, 2.75) is 23.8 Å². The summed E-state index contributed by atoms with van der Waals surface area (Å²) in [7, 11) is 1.84. The largest absolute Gasteiger partial charge is 0.379 e. The van der Waals surface area contributed by atoms with Gasteiger partial charge in [0.05, 0.1) is 19.8 Å². The van der Waals surface area contributed by atoms with Crippen LogP contribution in [0.25, 0.3) is 0 Å². The molecule has 2 amide bonds. The first-order chi connectivity index (χ1) is 10.7. The highest BCUT2D eigenvalue weighted by molar-refractivity contribution is 8.01. The first kappa shape index (κ1) is 16.0. The molecule has 1 atom stereocenters. The first-order valence-electron chi connectivity index (χ1n) is 7.53. The van der Waals surface area contributed by atoms with Crippen LogP contribution in [0.3, 0.4) is 0 Å². The highest BCUT2D eigenvalue weighted by Crippen LogP contribution is 2.33. The number of aromatic nitrogens is 2. The summed E-state index contributed by atoms with van der Waals surface area (Å²) in [5.41, 5.74) is 0. The van der Waals surface area contributed by atoms with Crippen LogP contribution in [-0.2, 0) is 4.74 Å². The Balaban J connectivity index is 1.78. The number of urea groups is 1. The molecule has 0 aromatic carbocycles. The van der Waals surface area contributed by atoms with Gasteiger partial charge in [0, 0.05) is 25.9 Å². The van der Waals surface area contributed by atoms with Crippen LogP contribution >= 0.6 is 23.1 Å². The average molecular weight is 343 g/mol. The molecule has 2 aliphatic heterocycles. The molecule has 0 radical (unpaired) electrons. The molecule has 0 saturated carbocycles. The average Bonchev–Trinajstić information content (AvgIpc) is 3.11. The summed E-state index contributed by atoms with van der Waals surface area (Å²) < 4.78 is 6.35. The van der Waals surface area contributed by atoms with Crippen molar-refractivity contribution in [3.8, 4) is 0 Å². The van der Waals surface area contributed by atoms with Crippen LogP contribution in [0.15, 0.2) is 4.34 Å². The molecule has 7 nitrogen and oxygen atoms in total. The predicted octanol–water partition coefficient (Wildman–Crippen LogP) is 1.57. The van der Waals surface area contributed by atoms with Crippen molar-refractivity contribution in [2.24, 2.45) is 0 Å². The maximum Gasteiger partial charge on any atom is 0.327 e. The lowest BCUT2D eigenvalue weighted by Crippen LogP contribution is -2.51. The number of rotatable bonds is 5. The molecular formula is C13H21N5O2S2. The van der Waals surface area contributed by atoms with Crippen molar-refractivity contribution >= 4 is 34.3 Å². The number of thioether (sulfide) groups is 1. The Morgan fingerprint density at radius 3 is 2.86 bits per heavy atom. The lowest BCUT2D eigenvalue weighted by molar-refractivity contribution is 0.0194. The van der Waals surface area contributed by atoms with Gasteiger partial charge >= 0.3 is 6.03 Å². The summed E-state index contributed by atoms with van der Waals surface area (Å²) in [5.74, 6) is 1.02. The number of carbonyl (C=O) groups is 1. The van der Waals surface area contributed by atoms with Gasteiger partial charge in [0.2, 0.25) is 5.13 Å². The molecule has 122 valence electrons. The lowest BCUT2D eigenvalue weighted by atomic mass is 10.3. The number of amides is 2. The van der Waals surface area contributed by atoms with Gasteiger partial charge in [-0.15, -0.1) is 10.2 Å². The van der Waals surface area contributed by atoms with Crippen molar-refractivity contribution in [1.82, 2.24) is 20.0 Å². The van der Waals surface area contributed by atoms with Gasteiger partial charge in [-0.05, 0) is 6.42 Å². The Morgan fingerprint density at radius 2 is 2.14 bits per heavy atom. The predicted molar refractivity (Wildman–Crippen MR) is 87.6 cm³/mol. The van der Waals surface area contributed by atoms with E-state index in [0.717, 1.165) is 42.8 Å². The van der Waals surface area contributed by atoms with Crippen LogP contribution in [0.5, 0.6) is 0 Å². The quantitative estimate of drug-likeness (QED) is 0.597. The Kier molecular flexibility index (Phi) is 5.17. The van der Waals surface area contributed by atoms with E-state index >= 15 is 0 Å². The zero-order valence-corrected chi connectivity index (χ0v) is 14.5. The van der Waals surface area contributed by atoms with Crippen molar-refractivity contribution in [2.75, 3.05) is 50.5 Å². The number of anilines is 1. The number of carbonyl (C=O) groups excluding carboxylic acids is 1. The second-order valence-corrected chi connectivity index (χ2v) is 7.66. The summed E-state index contributed by atoms with van der Waals surface area (Å²) in [6.45, 7) is 5.96. The molecule has 1 unspecified atom stereocenters. The Morgan fingerprint density at radius 1 is 1.36 bits per heavy atom. The molecule has 1 aromatic rings. The fourth-order valence-electron chi connectivity index (χ4n) is 2.63. The topological polar surface area (TPSA) is 61.8 Å². The zero-order chi connectivity index (χ0) is 15.5. The van der Waals surface area contributed by atoms with E-state index in [1.807, 2.05) is 7.05 Å². The highest BCUT2D eigenvalue weighted by Gasteiger charge is 2.41. The molecule has 2 saturated heterocycles. The van der Waals surface area contributed by atoms with E-state index in [-0.39, 0.29) is 12.2 Å². The van der Waals surface area contributed by atoms with E-state index in [2.05, 4.69) is 22.0 Å². The monoisotopic (exact) mass is 343 g/mol. The van der Waals surface area contributed by atoms with Crippen molar-refractivity contribution in [1.29, 1.82) is 0 Å². The van der Waals surface area contributed by atoms with Crippen LogP contribution in [-0.4, -0.2) is 77.8 Å². The second-order valence-electron chi connectivity index (χ2n) is 5.36. The molecular weight excluding hydrogens is 322 g/mol. The number of hydrogen-bond donors (Lipinski definition) is 0. The minimum absolute atomic E-state index is 0.000293. The minimum atomic E-state index is -0.000293. The normalized spacial score (nSPS) is 23.5. The summed E-state index contributed by atoms with van der Waals surface area (Å²) in [6.07, 6.45) is 1.12. The Labute approximate surface area is 138 Å². The van der Waals surface area contributed by atoms with Crippen LogP contribution in [0.2, 0.25) is 0 Å². The summed E-state index contributed by atoms with van der Waals surface area (Å²) >= 11 is 3.20. The highest BCUT2D eigenvalue weighted by atomic mass is 32.2. The fraction of sp³-hybridized carbons (Fsp3) is 0.769. The smallest absolute Gasteiger partial charge is 0.327 e. The minimum Gasteiger partial charge on any atom is -0.379 e. The SMILES string of the molecule is CCCSc1nnc(N2C(=O)N(C)CC2N2CCOCC2)s1. The number of likely N-dealkylation sites (N-methyl/N-ethyl adjacent to an activating group) is 1. The molecule has 9 heteroatoms. The summed E-state index contributed by atoms with van der Waals surface area (Å²) in [6, 6.07) is -0.000293. The Bertz CT molecular complexity index is 520. The van der Waals surface area contributed by atoms with Crippen LogP contribution in [0, 0.1) is 0 Å². The number of nitrogens with zero attached hydrogens (tertiary/aromatic N) is 5. The van der Waals surface area contributed by atoms with E-state index in [0.29, 0.717) is 11.7 Å². The van der Waals surface area contributed by atoms with Crippen LogP contribution in [0.4, 0.5) is 9.93 Å². The summed E-state index contributed by atoms with van der Waals surface area (Å²) in [5, 5.41) is 9.16. The number of ether oxygens (including phenoxy) is 1. The van der Waals surface area contributed by atoms with Gasteiger partial charge in [0.1, 0.15) is 6.17 Å². The molecule has 0 aliphatic carbocycles. The van der Waals surface area contributed by atoms with Crippen molar-refractivity contribution in [3.05, 3.63) is 0 Å². The van der Waals surface area contributed by atoms with Gasteiger partial charge in [-0.3, -0.25) is 4.90 Å². The molecule has 0 N–H and O–H groups in total. The van der Waals surface area contributed by atoms with Gasteiger partial charge in [-0.2, -0.15) is 0 Å². The van der Waals surface area contributed by atoms with Gasteiger partial charge in [-0.1, -0.05) is 30.0 Å². The first-order valence-corrected chi connectivity index (χ1v) is 9.33. The van der Waals surface area contributed by atoms with Gasteiger partial charge in [0.25, 0.3) is 0 Å². The van der Waals surface area contributed by atoms with Crippen molar-refractivity contribution < 1.29 is 9.53 Å². The molecule has 0 bridgehead atoms. The van der Waals surface area contributed by atoms with Gasteiger partial charge in [-0.25, -0.2) is 9.69 Å². The van der Waals surface area contributed by atoms with Crippen LogP contribution < -0.4 is 4.90 Å². The third-order valence-electron chi connectivity index (χ3n) is 3.77. The maximum absolute atomic E-state index is 12.5. The molecule has 22 heavy (non-hydrogen) atoms. The lowest BCUT2D eigenvalue weighted by Gasteiger charge is -2.34. The molecule has 0 spiro atoms. The molecule has 1 aromatic heterocycles. The van der Waals surface area contributed by atoms with E-state index in [1.165, 1.54) is 11.3 Å². The van der Waals surface area contributed by atoms with E-state index in [1.54, 1.807) is 21.6 Å². The molecule has 2 fully saturated rings. The fourth-order valence-corrected chi connectivity index (χ4v) is 4.43. The zero-order valence-electron chi connectivity index (χ0n) is 12.9. The van der Waals surface area contributed by atoms with Gasteiger partial charge < -0.3 is 9.64 Å². The third-order valence-corrected chi connectivity index (χ3v) is 6.03. The van der Waals surface area contributed by atoms with E-state index < -0.39 is 0 Å². The molecule has 3 heterocycles. The molecule has 2 aliphatic rings. The number of hydrogen-bond acceptors (Lipinski definition) is 7. The second kappa shape index (κ2) is 7.12. The maximum atomic E-state index is 12.5. The standard InChI is InChI=1S/C13H21N5O2S2/c1-3-8-21-12-15-14-11(22-12)18-10(9-16(2)13(18)19)17-4-6-20-7-5-17/h10H,3-9H2,1-2H3. The summed E-state index contributed by atoms with van der Waals surface area (Å²) in [4.78, 5) is 18.3. The van der Waals surface area contributed by atoms with E-state index in [9.17, 15) is 4.79 Å². The van der Waals surface area contributed by atoms with Crippen molar-refractivity contribution in [3.63, 3.8) is 0 Å². The molecule has 3 rings (SSSR count). The third kappa shape index (κ3) is 3.22. The van der Waals surface area contributed by atoms with Gasteiger partial charge in [0.15, 0.2) is 4.34 Å². The van der Waals surface area contributed by atoms with E-state index in [4.69, 9.17) is 4.74 Å². The Hall–Kier alpha value is -0.900. The number of morpholine rings is 1. The van der Waals surface area contributed by atoms with Crippen LogP contribution in [0.1, 0.15) is 13.3 Å².